The van der Waals surface area contributed by atoms with Gasteiger partial charge in [0.2, 0.25) is 5.91 Å². The highest BCUT2D eigenvalue weighted by Crippen LogP contribution is 2.15. The van der Waals surface area contributed by atoms with E-state index in [1.165, 1.54) is 28.9 Å². The van der Waals surface area contributed by atoms with Crippen molar-refractivity contribution in [1.82, 2.24) is 24.5 Å². The molecule has 1 N–H and O–H groups in total. The van der Waals surface area contributed by atoms with Crippen LogP contribution in [0.1, 0.15) is 18.5 Å². The van der Waals surface area contributed by atoms with Gasteiger partial charge < -0.3 is 5.32 Å². The van der Waals surface area contributed by atoms with E-state index in [9.17, 15) is 14.0 Å². The Hall–Kier alpha value is -2.74. The largest absolute Gasteiger partial charge is 0.352 e. The lowest BCUT2D eigenvalue weighted by molar-refractivity contribution is -0.124. The van der Waals surface area contributed by atoms with Crippen molar-refractivity contribution in [1.29, 1.82) is 0 Å². The number of carbonyl (C=O) groups excluding carboxylic acids is 1. The summed E-state index contributed by atoms with van der Waals surface area (Å²) in [6.07, 6.45) is 3.03. The van der Waals surface area contributed by atoms with Gasteiger partial charge in [0.05, 0.1) is 5.02 Å². The molecule has 1 aromatic carbocycles. The van der Waals surface area contributed by atoms with Crippen molar-refractivity contribution >= 4 is 23.3 Å². The Labute approximate surface area is 140 Å². The zero-order valence-electron chi connectivity index (χ0n) is 12.6. The van der Waals surface area contributed by atoms with Gasteiger partial charge >= 0.3 is 5.69 Å². The number of hydrogen-bond donors (Lipinski definition) is 1. The summed E-state index contributed by atoms with van der Waals surface area (Å²) in [5, 5.41) is 6.68. The normalized spacial score (nSPS) is 12.3. The molecule has 0 saturated heterocycles. The first-order valence-electron chi connectivity index (χ1n) is 7.11. The molecule has 0 spiro atoms. The fourth-order valence-electron chi connectivity index (χ4n) is 2.19. The molecule has 2 aromatic heterocycles. The second-order valence-corrected chi connectivity index (χ2v) is 5.57. The third-order valence-corrected chi connectivity index (χ3v) is 3.83. The minimum absolute atomic E-state index is 0.0159. The van der Waals surface area contributed by atoms with Gasteiger partial charge in [-0.3, -0.25) is 4.79 Å². The van der Waals surface area contributed by atoms with Crippen LogP contribution in [-0.4, -0.2) is 25.1 Å². The minimum atomic E-state index is -0.837. The molecule has 3 rings (SSSR count). The van der Waals surface area contributed by atoms with E-state index in [1.54, 1.807) is 19.1 Å². The summed E-state index contributed by atoms with van der Waals surface area (Å²) in [5.41, 5.74) is 0.0970. The molecule has 0 fully saturated rings. The Morgan fingerprint density at radius 3 is 2.96 bits per heavy atom. The lowest BCUT2D eigenvalue weighted by atomic mass is 10.2. The highest BCUT2D eigenvalue weighted by Gasteiger charge is 2.20. The first kappa shape index (κ1) is 16.1. The van der Waals surface area contributed by atoms with Gasteiger partial charge in [-0.2, -0.15) is 4.68 Å². The molecule has 7 nitrogen and oxygen atoms in total. The van der Waals surface area contributed by atoms with Crippen LogP contribution < -0.4 is 11.0 Å². The Bertz CT molecular complexity index is 968. The maximum atomic E-state index is 13.4. The Morgan fingerprint density at radius 1 is 1.46 bits per heavy atom. The van der Waals surface area contributed by atoms with E-state index in [0.717, 1.165) is 4.68 Å². The number of carbonyl (C=O) groups is 1. The predicted octanol–water partition coefficient (Wildman–Crippen LogP) is 1.56. The van der Waals surface area contributed by atoms with Gasteiger partial charge in [-0.15, -0.1) is 5.10 Å². The van der Waals surface area contributed by atoms with E-state index < -0.39 is 23.5 Å². The molecule has 1 atom stereocenters. The lowest BCUT2D eigenvalue weighted by Gasteiger charge is -2.11. The second-order valence-electron chi connectivity index (χ2n) is 5.16. The van der Waals surface area contributed by atoms with E-state index in [-0.39, 0.29) is 17.3 Å². The molecule has 0 aliphatic heterocycles. The predicted molar refractivity (Wildman–Crippen MR) is 85.2 cm³/mol. The van der Waals surface area contributed by atoms with E-state index >= 15 is 0 Å². The standard InChI is InChI=1S/C15H13ClFN5O2/c1-9(22-15(24)21-6-2-5-18-14(21)20-22)13(23)19-8-10-3-4-11(16)12(17)7-10/h2-7,9H,8H2,1H3,(H,19,23)/t9-/m1/s1. The molecule has 2 heterocycles. The van der Waals surface area contributed by atoms with Crippen molar-refractivity contribution in [2.24, 2.45) is 0 Å². The molecule has 124 valence electrons. The summed E-state index contributed by atoms with van der Waals surface area (Å²) in [6, 6.07) is 5.03. The zero-order chi connectivity index (χ0) is 17.3. The van der Waals surface area contributed by atoms with Crippen molar-refractivity contribution in [3.8, 4) is 0 Å². The van der Waals surface area contributed by atoms with Gasteiger partial charge in [0.15, 0.2) is 0 Å². The molecule has 0 aliphatic carbocycles. The summed E-state index contributed by atoms with van der Waals surface area (Å²) in [4.78, 5) is 28.4. The Kier molecular flexibility index (Phi) is 4.30. The van der Waals surface area contributed by atoms with Gasteiger partial charge in [-0.1, -0.05) is 17.7 Å². The third kappa shape index (κ3) is 3.00. The van der Waals surface area contributed by atoms with Crippen LogP contribution >= 0.6 is 11.6 Å². The van der Waals surface area contributed by atoms with Crippen molar-refractivity contribution in [2.75, 3.05) is 0 Å². The minimum Gasteiger partial charge on any atom is -0.350 e. The molecule has 1 amide bonds. The smallest absolute Gasteiger partial charge is 0.350 e. The van der Waals surface area contributed by atoms with Crippen LogP contribution in [0.25, 0.3) is 5.78 Å². The van der Waals surface area contributed by atoms with Crippen LogP contribution in [0.2, 0.25) is 5.02 Å². The van der Waals surface area contributed by atoms with Crippen molar-refractivity contribution in [2.45, 2.75) is 19.5 Å². The van der Waals surface area contributed by atoms with E-state index in [2.05, 4.69) is 15.4 Å². The van der Waals surface area contributed by atoms with Gasteiger partial charge in [-0.05, 0) is 30.7 Å². The highest BCUT2D eigenvalue weighted by atomic mass is 35.5. The first-order chi connectivity index (χ1) is 11.5. The van der Waals surface area contributed by atoms with Gasteiger partial charge in [0.25, 0.3) is 5.78 Å². The molecule has 0 saturated carbocycles. The summed E-state index contributed by atoms with van der Waals surface area (Å²) in [5.74, 6) is -0.767. The van der Waals surface area contributed by atoms with Crippen LogP contribution in [0.5, 0.6) is 0 Å². The molecule has 0 unspecified atom stereocenters. The summed E-state index contributed by atoms with van der Waals surface area (Å²) in [7, 11) is 0. The molecule has 0 radical (unpaired) electrons. The average molecular weight is 350 g/mol. The van der Waals surface area contributed by atoms with Crippen LogP contribution in [0.4, 0.5) is 4.39 Å². The molecular weight excluding hydrogens is 337 g/mol. The fourth-order valence-corrected chi connectivity index (χ4v) is 2.30. The van der Waals surface area contributed by atoms with Crippen LogP contribution in [-0.2, 0) is 11.3 Å². The zero-order valence-corrected chi connectivity index (χ0v) is 13.4. The summed E-state index contributed by atoms with van der Waals surface area (Å²) in [6.45, 7) is 1.66. The van der Waals surface area contributed by atoms with Crippen LogP contribution in [0, 0.1) is 5.82 Å². The van der Waals surface area contributed by atoms with E-state index in [4.69, 9.17) is 11.6 Å². The monoisotopic (exact) mass is 349 g/mol. The molecule has 0 aliphatic rings. The Balaban J connectivity index is 1.75. The van der Waals surface area contributed by atoms with Gasteiger partial charge in [-0.25, -0.2) is 18.6 Å². The van der Waals surface area contributed by atoms with Crippen LogP contribution in [0.3, 0.4) is 0 Å². The fraction of sp³-hybridized carbons (Fsp3) is 0.200. The number of hydrogen-bond acceptors (Lipinski definition) is 4. The number of rotatable bonds is 4. The molecule has 24 heavy (non-hydrogen) atoms. The SMILES string of the molecule is C[C@H](C(=O)NCc1ccc(Cl)c(F)c1)n1nc2ncccn2c1=O. The van der Waals surface area contributed by atoms with Crippen molar-refractivity contribution in [3.63, 3.8) is 0 Å². The quantitative estimate of drug-likeness (QED) is 0.775. The van der Waals surface area contributed by atoms with Crippen molar-refractivity contribution in [3.05, 3.63) is 63.5 Å². The van der Waals surface area contributed by atoms with Gasteiger partial charge in [0, 0.05) is 18.9 Å². The Morgan fingerprint density at radius 2 is 2.25 bits per heavy atom. The lowest BCUT2D eigenvalue weighted by Crippen LogP contribution is -2.35. The number of nitrogens with one attached hydrogen (secondary N) is 1. The number of nitrogens with zero attached hydrogens (tertiary/aromatic N) is 4. The third-order valence-electron chi connectivity index (χ3n) is 3.52. The van der Waals surface area contributed by atoms with E-state index in [0.29, 0.717) is 5.56 Å². The number of fused-ring (bicyclic) bond motifs is 1. The topological polar surface area (TPSA) is 81.3 Å². The summed E-state index contributed by atoms with van der Waals surface area (Å²) >= 11 is 5.61. The maximum absolute atomic E-state index is 13.4. The molecular formula is C15H13ClFN5O2. The number of halogens is 2. The number of amides is 1. The number of aromatic nitrogens is 4. The van der Waals surface area contributed by atoms with E-state index in [1.807, 2.05) is 0 Å². The van der Waals surface area contributed by atoms with Gasteiger partial charge in [0.1, 0.15) is 11.9 Å². The average Bonchev–Trinajstić information content (AvgIpc) is 2.92. The second kappa shape index (κ2) is 6.40. The molecule has 3 aromatic rings. The highest BCUT2D eigenvalue weighted by molar-refractivity contribution is 6.30. The van der Waals surface area contributed by atoms with Crippen molar-refractivity contribution < 1.29 is 9.18 Å². The first-order valence-corrected chi connectivity index (χ1v) is 7.48. The van der Waals surface area contributed by atoms with Crippen LogP contribution in [0.15, 0.2) is 41.5 Å². The molecule has 0 bridgehead atoms. The maximum Gasteiger partial charge on any atom is 0.352 e. The molecule has 9 heteroatoms. The number of benzene rings is 1. The summed E-state index contributed by atoms with van der Waals surface area (Å²) < 4.78 is 15.7.